The number of rotatable bonds is 4. The topological polar surface area (TPSA) is 44.5 Å². The normalized spacial score (nSPS) is 9.77. The molecule has 0 saturated carbocycles. The molecule has 1 aromatic carbocycles. The molecule has 72 valence electrons. The van der Waals surface area contributed by atoms with Gasteiger partial charge < -0.3 is 15.2 Å². The number of hydrogen-bond acceptors (Lipinski definition) is 3. The molecule has 13 heavy (non-hydrogen) atoms. The molecule has 0 unspecified atom stereocenters. The van der Waals surface area contributed by atoms with Gasteiger partial charge in [-0.05, 0) is 28.1 Å². The van der Waals surface area contributed by atoms with Crippen molar-refractivity contribution in [3.8, 4) is 11.5 Å². The quantitative estimate of drug-likeness (QED) is 0.880. The smallest absolute Gasteiger partial charge is 0.137 e. The summed E-state index contributed by atoms with van der Waals surface area (Å²) in [6.07, 6.45) is 0. The Morgan fingerprint density at radius 1 is 1.38 bits per heavy atom. The molecule has 0 aliphatic heterocycles. The lowest BCUT2D eigenvalue weighted by Gasteiger charge is -2.09. The molecular formula is C9H12BrNO2. The Morgan fingerprint density at radius 2 is 2.08 bits per heavy atom. The zero-order chi connectivity index (χ0) is 9.68. The highest BCUT2D eigenvalue weighted by atomic mass is 79.9. The van der Waals surface area contributed by atoms with Crippen LogP contribution in [0.1, 0.15) is 0 Å². The molecule has 3 nitrogen and oxygen atoms in total. The summed E-state index contributed by atoms with van der Waals surface area (Å²) in [5, 5.41) is 0. The third kappa shape index (κ3) is 2.60. The summed E-state index contributed by atoms with van der Waals surface area (Å²) in [4.78, 5) is 0. The van der Waals surface area contributed by atoms with Crippen molar-refractivity contribution in [1.82, 2.24) is 0 Å². The average Bonchev–Trinajstić information content (AvgIpc) is 2.16. The van der Waals surface area contributed by atoms with E-state index in [9.17, 15) is 0 Å². The molecule has 0 heterocycles. The Morgan fingerprint density at radius 3 is 2.69 bits per heavy atom. The fourth-order valence-electron chi connectivity index (χ4n) is 0.929. The molecule has 1 aromatic rings. The average molecular weight is 246 g/mol. The molecule has 1 rings (SSSR count). The van der Waals surface area contributed by atoms with Crippen LogP contribution in [0.4, 0.5) is 0 Å². The first-order chi connectivity index (χ1) is 6.29. The van der Waals surface area contributed by atoms with Gasteiger partial charge in [-0.3, -0.25) is 0 Å². The number of hydrogen-bond donors (Lipinski definition) is 1. The van der Waals surface area contributed by atoms with E-state index in [-0.39, 0.29) is 0 Å². The molecule has 0 fully saturated rings. The van der Waals surface area contributed by atoms with Gasteiger partial charge in [0, 0.05) is 6.54 Å². The molecule has 0 aromatic heterocycles. The Hall–Kier alpha value is -0.740. The largest absolute Gasteiger partial charge is 0.495 e. The van der Waals surface area contributed by atoms with Crippen molar-refractivity contribution in [3.63, 3.8) is 0 Å². The Bertz CT molecular complexity index is 278. The van der Waals surface area contributed by atoms with Gasteiger partial charge in [0.05, 0.1) is 7.11 Å². The highest BCUT2D eigenvalue weighted by Gasteiger charge is 2.05. The lowest BCUT2D eigenvalue weighted by Crippen LogP contribution is -2.10. The van der Waals surface area contributed by atoms with Gasteiger partial charge in [-0.2, -0.15) is 0 Å². The fraction of sp³-hybridized carbons (Fsp3) is 0.333. The molecule has 0 saturated heterocycles. The molecule has 0 amide bonds. The maximum atomic E-state index is 5.38. The van der Waals surface area contributed by atoms with Crippen LogP contribution in [0.15, 0.2) is 22.7 Å². The van der Waals surface area contributed by atoms with Crippen molar-refractivity contribution in [1.29, 1.82) is 0 Å². The van der Waals surface area contributed by atoms with Crippen LogP contribution in [0.25, 0.3) is 0 Å². The van der Waals surface area contributed by atoms with E-state index < -0.39 is 0 Å². The summed E-state index contributed by atoms with van der Waals surface area (Å²) in [7, 11) is 1.62. The van der Waals surface area contributed by atoms with E-state index in [1.807, 2.05) is 18.2 Å². The Kier molecular flexibility index (Phi) is 4.05. The maximum absolute atomic E-state index is 5.38. The minimum absolute atomic E-state index is 0.504. The van der Waals surface area contributed by atoms with E-state index in [2.05, 4.69) is 15.9 Å². The van der Waals surface area contributed by atoms with Crippen molar-refractivity contribution in [2.45, 2.75) is 0 Å². The summed E-state index contributed by atoms with van der Waals surface area (Å²) < 4.78 is 11.3. The van der Waals surface area contributed by atoms with Crippen molar-refractivity contribution in [2.24, 2.45) is 5.73 Å². The number of nitrogens with two attached hydrogens (primary N) is 1. The van der Waals surface area contributed by atoms with Gasteiger partial charge in [0.1, 0.15) is 22.6 Å². The van der Waals surface area contributed by atoms with Crippen LogP contribution in [-0.2, 0) is 0 Å². The summed E-state index contributed by atoms with van der Waals surface area (Å²) in [5.74, 6) is 1.51. The van der Waals surface area contributed by atoms with Gasteiger partial charge in [0.25, 0.3) is 0 Å². The second-order valence-electron chi connectivity index (χ2n) is 2.41. The summed E-state index contributed by atoms with van der Waals surface area (Å²) in [6.45, 7) is 1.01. The van der Waals surface area contributed by atoms with Gasteiger partial charge in [0.2, 0.25) is 0 Å². The number of ether oxygens (including phenoxy) is 2. The fourth-order valence-corrected chi connectivity index (χ4v) is 1.47. The van der Waals surface area contributed by atoms with E-state index in [1.165, 1.54) is 0 Å². The van der Waals surface area contributed by atoms with Gasteiger partial charge in [0.15, 0.2) is 0 Å². The molecule has 0 atom stereocenters. The van der Waals surface area contributed by atoms with Gasteiger partial charge >= 0.3 is 0 Å². The number of halogens is 1. The standard InChI is InChI=1S/C9H12BrNO2/c1-12-7-3-2-4-8(9(7)10)13-6-5-11/h2-4H,5-6,11H2,1H3. The third-order valence-corrected chi connectivity index (χ3v) is 2.30. The molecule has 0 aliphatic rings. The zero-order valence-corrected chi connectivity index (χ0v) is 9.00. The maximum Gasteiger partial charge on any atom is 0.137 e. The molecule has 0 bridgehead atoms. The highest BCUT2D eigenvalue weighted by molar-refractivity contribution is 9.10. The van der Waals surface area contributed by atoms with Crippen molar-refractivity contribution >= 4 is 15.9 Å². The van der Waals surface area contributed by atoms with Crippen LogP contribution in [0.2, 0.25) is 0 Å². The third-order valence-electron chi connectivity index (χ3n) is 1.52. The lowest BCUT2D eigenvalue weighted by molar-refractivity contribution is 0.322. The minimum atomic E-state index is 0.504. The van der Waals surface area contributed by atoms with Crippen LogP contribution in [0.3, 0.4) is 0 Å². The van der Waals surface area contributed by atoms with Gasteiger partial charge in [-0.25, -0.2) is 0 Å². The van der Waals surface area contributed by atoms with Crippen LogP contribution in [0, 0.1) is 0 Å². The van der Waals surface area contributed by atoms with Crippen molar-refractivity contribution in [3.05, 3.63) is 22.7 Å². The number of methoxy groups -OCH3 is 1. The highest BCUT2D eigenvalue weighted by Crippen LogP contribution is 2.33. The second-order valence-corrected chi connectivity index (χ2v) is 3.20. The van der Waals surface area contributed by atoms with Gasteiger partial charge in [-0.1, -0.05) is 6.07 Å². The van der Waals surface area contributed by atoms with E-state index in [4.69, 9.17) is 15.2 Å². The van der Waals surface area contributed by atoms with Gasteiger partial charge in [-0.15, -0.1) is 0 Å². The van der Waals surface area contributed by atoms with E-state index >= 15 is 0 Å². The minimum Gasteiger partial charge on any atom is -0.495 e. The van der Waals surface area contributed by atoms with E-state index in [0.29, 0.717) is 13.2 Å². The van der Waals surface area contributed by atoms with E-state index in [0.717, 1.165) is 16.0 Å². The van der Waals surface area contributed by atoms with E-state index in [1.54, 1.807) is 7.11 Å². The van der Waals surface area contributed by atoms with Crippen LogP contribution >= 0.6 is 15.9 Å². The summed E-state index contributed by atoms with van der Waals surface area (Å²) in [6, 6.07) is 5.59. The second kappa shape index (κ2) is 5.09. The number of benzene rings is 1. The molecule has 0 radical (unpaired) electrons. The molecule has 0 spiro atoms. The van der Waals surface area contributed by atoms with Crippen LogP contribution in [-0.4, -0.2) is 20.3 Å². The monoisotopic (exact) mass is 245 g/mol. The first-order valence-corrected chi connectivity index (χ1v) is 4.74. The Labute approximate surface area is 86.0 Å². The first kappa shape index (κ1) is 10.3. The SMILES string of the molecule is COc1cccc(OCCN)c1Br. The van der Waals surface area contributed by atoms with Crippen molar-refractivity contribution < 1.29 is 9.47 Å². The first-order valence-electron chi connectivity index (χ1n) is 3.95. The Balaban J connectivity index is 2.81. The molecule has 4 heteroatoms. The molecule has 0 aliphatic carbocycles. The zero-order valence-electron chi connectivity index (χ0n) is 7.42. The van der Waals surface area contributed by atoms with Crippen molar-refractivity contribution in [2.75, 3.05) is 20.3 Å². The lowest BCUT2D eigenvalue weighted by atomic mass is 10.3. The predicted molar refractivity (Wildman–Crippen MR) is 55.2 cm³/mol. The van der Waals surface area contributed by atoms with Crippen LogP contribution < -0.4 is 15.2 Å². The summed E-state index contributed by atoms with van der Waals surface area (Å²) >= 11 is 3.38. The summed E-state index contributed by atoms with van der Waals surface area (Å²) in [5.41, 5.74) is 5.33. The van der Waals surface area contributed by atoms with Crippen LogP contribution in [0.5, 0.6) is 11.5 Å². The predicted octanol–water partition coefficient (Wildman–Crippen LogP) is 1.80. The molecule has 2 N–H and O–H groups in total. The molecular weight excluding hydrogens is 234 g/mol.